The van der Waals surface area contributed by atoms with Crippen molar-refractivity contribution in [2.24, 2.45) is 0 Å². The molecule has 0 fully saturated rings. The lowest BCUT2D eigenvalue weighted by molar-refractivity contribution is -0.117. The van der Waals surface area contributed by atoms with Crippen LogP contribution in [0.3, 0.4) is 0 Å². The number of nitrogens with one attached hydrogen (secondary N) is 2. The van der Waals surface area contributed by atoms with Gasteiger partial charge in [0.15, 0.2) is 5.15 Å². The van der Waals surface area contributed by atoms with Gasteiger partial charge in [-0.25, -0.2) is 4.79 Å². The minimum atomic E-state index is -0.602. The maximum Gasteiger partial charge on any atom is 0.411 e. The lowest BCUT2D eigenvalue weighted by Gasteiger charge is -2.17. The summed E-state index contributed by atoms with van der Waals surface area (Å²) in [6, 6.07) is 15.2. The lowest BCUT2D eigenvalue weighted by atomic mass is 10.0. The summed E-state index contributed by atoms with van der Waals surface area (Å²) in [7, 11) is 1.29. The molecule has 15 heteroatoms. The average molecular weight is 634 g/mol. The summed E-state index contributed by atoms with van der Waals surface area (Å²) < 4.78 is 7.92. The number of anilines is 1. The highest BCUT2D eigenvalue weighted by atomic mass is 35.5. The highest BCUT2D eigenvalue weighted by Gasteiger charge is 2.20. The molecule has 0 aliphatic carbocycles. The Morgan fingerprint density at radius 3 is 2.59 bits per heavy atom. The van der Waals surface area contributed by atoms with E-state index in [1.54, 1.807) is 59.3 Å². The van der Waals surface area contributed by atoms with E-state index in [-0.39, 0.29) is 11.1 Å². The summed E-state index contributed by atoms with van der Waals surface area (Å²) in [5.74, 6) is -0.385. The van der Waals surface area contributed by atoms with Crippen molar-refractivity contribution in [3.63, 3.8) is 0 Å². The SMILES string of the molecule is CCn1ccc(C[C@H](NC(=O)C=Cc2cc(Cl)ccc2-n2cnnn2)c2cc(-c3ccc(NC(=O)OC)cc3)c(Cl)nn2)n1. The largest absolute Gasteiger partial charge is 0.453 e. The van der Waals surface area contributed by atoms with E-state index in [0.717, 1.165) is 11.3 Å². The number of benzene rings is 2. The van der Waals surface area contributed by atoms with Crippen LogP contribution in [0.15, 0.2) is 73.2 Å². The summed E-state index contributed by atoms with van der Waals surface area (Å²) >= 11 is 12.7. The van der Waals surface area contributed by atoms with Crippen LogP contribution in [0.2, 0.25) is 10.2 Å². The van der Waals surface area contributed by atoms with Crippen molar-refractivity contribution >= 4 is 47.0 Å². The minimum absolute atomic E-state index is 0.179. The monoisotopic (exact) mass is 632 g/mol. The number of carbonyl (C=O) groups excluding carboxylic acids is 2. The first-order valence-corrected chi connectivity index (χ1v) is 14.1. The highest BCUT2D eigenvalue weighted by Crippen LogP contribution is 2.30. The molecule has 0 saturated heterocycles. The van der Waals surface area contributed by atoms with Gasteiger partial charge in [0.1, 0.15) is 6.33 Å². The van der Waals surface area contributed by atoms with Crippen LogP contribution in [0.1, 0.15) is 29.9 Å². The number of methoxy groups -OCH3 is 1. The van der Waals surface area contributed by atoms with Crippen molar-refractivity contribution in [2.75, 3.05) is 12.4 Å². The second kappa shape index (κ2) is 13.9. The van der Waals surface area contributed by atoms with E-state index in [0.29, 0.717) is 46.2 Å². The number of nitrogens with zero attached hydrogens (tertiary/aromatic N) is 8. The first-order valence-electron chi connectivity index (χ1n) is 13.3. The van der Waals surface area contributed by atoms with Crippen LogP contribution in [-0.2, 0) is 22.5 Å². The van der Waals surface area contributed by atoms with Gasteiger partial charge in [0.05, 0.1) is 30.2 Å². The molecule has 5 rings (SSSR count). The van der Waals surface area contributed by atoms with E-state index >= 15 is 0 Å². The molecule has 13 nitrogen and oxygen atoms in total. The van der Waals surface area contributed by atoms with E-state index in [1.807, 2.05) is 19.2 Å². The van der Waals surface area contributed by atoms with Crippen molar-refractivity contribution in [2.45, 2.75) is 25.9 Å². The maximum atomic E-state index is 13.3. The van der Waals surface area contributed by atoms with Crippen molar-refractivity contribution in [3.05, 3.63) is 100 Å². The molecule has 0 aliphatic rings. The Kier molecular flexibility index (Phi) is 9.57. The maximum absolute atomic E-state index is 13.3. The zero-order chi connectivity index (χ0) is 31.1. The van der Waals surface area contributed by atoms with Crippen LogP contribution < -0.4 is 10.6 Å². The molecular formula is C29H26Cl2N10O3. The van der Waals surface area contributed by atoms with Crippen LogP contribution in [0, 0.1) is 0 Å². The van der Waals surface area contributed by atoms with Gasteiger partial charge < -0.3 is 10.1 Å². The summed E-state index contributed by atoms with van der Waals surface area (Å²) in [6.45, 7) is 2.69. The molecule has 2 amide bonds. The minimum Gasteiger partial charge on any atom is -0.453 e. The normalized spacial score (nSPS) is 11.8. The van der Waals surface area contributed by atoms with Gasteiger partial charge in [0.2, 0.25) is 5.91 Å². The third-order valence-corrected chi connectivity index (χ3v) is 7.02. The zero-order valence-electron chi connectivity index (χ0n) is 23.6. The van der Waals surface area contributed by atoms with E-state index in [4.69, 9.17) is 23.2 Å². The van der Waals surface area contributed by atoms with E-state index in [9.17, 15) is 9.59 Å². The van der Waals surface area contributed by atoms with Gasteiger partial charge in [-0.05, 0) is 71.5 Å². The number of rotatable bonds is 10. The number of halogens is 2. The third kappa shape index (κ3) is 7.43. The fourth-order valence-corrected chi connectivity index (χ4v) is 4.70. The Hall–Kier alpha value is -5.14. The number of aryl methyl sites for hydroxylation is 1. The predicted octanol–water partition coefficient (Wildman–Crippen LogP) is 4.93. The van der Waals surface area contributed by atoms with Gasteiger partial charge in [-0.15, -0.1) is 10.2 Å². The molecule has 3 heterocycles. The van der Waals surface area contributed by atoms with Gasteiger partial charge in [0, 0.05) is 47.1 Å². The van der Waals surface area contributed by atoms with Crippen LogP contribution in [0.4, 0.5) is 10.5 Å². The molecule has 0 aliphatic heterocycles. The Balaban J connectivity index is 1.43. The first kappa shape index (κ1) is 30.3. The zero-order valence-corrected chi connectivity index (χ0v) is 25.1. The molecule has 44 heavy (non-hydrogen) atoms. The molecule has 224 valence electrons. The lowest BCUT2D eigenvalue weighted by Crippen LogP contribution is -2.29. The van der Waals surface area contributed by atoms with Crippen LogP contribution in [0.5, 0.6) is 0 Å². The number of hydrogen-bond acceptors (Lipinski definition) is 9. The fourth-order valence-electron chi connectivity index (χ4n) is 4.32. The number of aromatic nitrogens is 8. The quantitative estimate of drug-likeness (QED) is 0.204. The molecule has 2 aromatic carbocycles. The molecule has 1 atom stereocenters. The Labute approximate surface area is 261 Å². The molecule has 0 saturated carbocycles. The van der Waals surface area contributed by atoms with Crippen molar-refractivity contribution in [3.8, 4) is 16.8 Å². The average Bonchev–Trinajstić information content (AvgIpc) is 3.73. The van der Waals surface area contributed by atoms with Gasteiger partial charge in [-0.1, -0.05) is 35.3 Å². The van der Waals surface area contributed by atoms with Gasteiger partial charge in [-0.2, -0.15) is 14.9 Å². The van der Waals surface area contributed by atoms with Crippen LogP contribution in [-0.4, -0.2) is 59.3 Å². The highest BCUT2D eigenvalue weighted by molar-refractivity contribution is 6.32. The smallest absolute Gasteiger partial charge is 0.411 e. The number of hydrogen-bond donors (Lipinski definition) is 2. The standard InChI is InChI=1S/C29H26Cl2N10O3/c1-3-40-13-12-22(37-40)15-24(34-27(42)11-6-19-14-20(30)7-10-26(19)41-17-32-38-39-41)25-16-23(28(31)36-35-25)18-4-8-21(9-5-18)33-29(43)44-2/h4-14,16-17,24H,3,15H2,1-2H3,(H,33,43)(H,34,42)/t24-/m0/s1. The summed E-state index contributed by atoms with van der Waals surface area (Å²) in [5, 5.41) is 30.6. The Bertz CT molecular complexity index is 1790. The molecule has 0 bridgehead atoms. The Morgan fingerprint density at radius 2 is 1.89 bits per heavy atom. The first-order chi connectivity index (χ1) is 21.3. The molecule has 0 spiro atoms. The second-order valence-corrected chi connectivity index (χ2v) is 10.2. The summed E-state index contributed by atoms with van der Waals surface area (Å²) in [6.07, 6.45) is 6.11. The van der Waals surface area contributed by atoms with Gasteiger partial charge in [0.25, 0.3) is 0 Å². The van der Waals surface area contributed by atoms with Gasteiger partial charge >= 0.3 is 6.09 Å². The molecule has 0 radical (unpaired) electrons. The number of ether oxygens (including phenoxy) is 1. The Morgan fingerprint density at radius 1 is 1.07 bits per heavy atom. The van der Waals surface area contributed by atoms with Crippen LogP contribution in [0.25, 0.3) is 22.9 Å². The summed E-state index contributed by atoms with van der Waals surface area (Å²) in [4.78, 5) is 24.8. The van der Waals surface area contributed by atoms with Crippen molar-refractivity contribution < 1.29 is 14.3 Å². The number of tetrazole rings is 1. The second-order valence-electron chi connectivity index (χ2n) is 9.39. The predicted molar refractivity (Wildman–Crippen MR) is 164 cm³/mol. The van der Waals surface area contributed by atoms with Crippen molar-refractivity contribution in [1.29, 1.82) is 0 Å². The van der Waals surface area contributed by atoms with E-state index in [1.165, 1.54) is 24.2 Å². The topological polar surface area (TPSA) is 155 Å². The summed E-state index contributed by atoms with van der Waals surface area (Å²) in [5.41, 5.74) is 4.39. The molecule has 0 unspecified atom stereocenters. The molecular weight excluding hydrogens is 607 g/mol. The van der Waals surface area contributed by atoms with E-state index in [2.05, 4.69) is 46.2 Å². The van der Waals surface area contributed by atoms with Crippen LogP contribution >= 0.6 is 23.2 Å². The fraction of sp³-hybridized carbons (Fsp3) is 0.172. The molecule has 2 N–H and O–H groups in total. The van der Waals surface area contributed by atoms with Gasteiger partial charge in [-0.3, -0.25) is 14.8 Å². The molecule has 5 aromatic rings. The number of amides is 2. The van der Waals surface area contributed by atoms with Crippen molar-refractivity contribution in [1.82, 2.24) is 45.5 Å². The molecule has 3 aromatic heterocycles. The van der Waals surface area contributed by atoms with E-state index < -0.39 is 12.1 Å². The third-order valence-electron chi connectivity index (χ3n) is 6.50. The number of carbonyl (C=O) groups is 2.